The van der Waals surface area contributed by atoms with Gasteiger partial charge in [-0.25, -0.2) is 14.8 Å². The Balaban J connectivity index is 1.90. The number of hydrogen-bond donors (Lipinski definition) is 2. The summed E-state index contributed by atoms with van der Waals surface area (Å²) in [5.41, 5.74) is 0.375. The van der Waals surface area contributed by atoms with Crippen LogP contribution in [0, 0.1) is 0 Å². The van der Waals surface area contributed by atoms with Crippen molar-refractivity contribution >= 4 is 29.2 Å². The molecule has 140 valence electrons. The van der Waals surface area contributed by atoms with Crippen molar-refractivity contribution in [2.45, 2.75) is 0 Å². The number of para-hydroxylation sites is 2. The average Bonchev–Trinajstić information content (AvgIpc) is 2.73. The van der Waals surface area contributed by atoms with Crippen LogP contribution < -0.4 is 10.2 Å². The van der Waals surface area contributed by atoms with E-state index >= 15 is 0 Å². The van der Waals surface area contributed by atoms with Gasteiger partial charge in [0.05, 0.1) is 11.3 Å². The van der Waals surface area contributed by atoms with Gasteiger partial charge < -0.3 is 15.3 Å². The molecular formula is C20H16N4O4. The number of rotatable bonds is 5. The van der Waals surface area contributed by atoms with Gasteiger partial charge in [0.1, 0.15) is 0 Å². The monoisotopic (exact) mass is 376 g/mol. The number of carboxylic acid groups (broad SMARTS) is 1. The molecule has 8 nitrogen and oxygen atoms in total. The predicted octanol–water partition coefficient (Wildman–Crippen LogP) is 2.70. The van der Waals surface area contributed by atoms with Gasteiger partial charge in [-0.3, -0.25) is 9.59 Å². The van der Waals surface area contributed by atoms with Crippen LogP contribution in [-0.4, -0.2) is 39.9 Å². The number of amides is 2. The molecule has 0 atom stereocenters. The fourth-order valence-electron chi connectivity index (χ4n) is 2.57. The van der Waals surface area contributed by atoms with E-state index < -0.39 is 17.6 Å². The van der Waals surface area contributed by atoms with E-state index in [0.29, 0.717) is 5.69 Å². The van der Waals surface area contributed by atoms with Crippen LogP contribution in [0.5, 0.6) is 0 Å². The minimum atomic E-state index is -1.37. The number of anilines is 2. The average molecular weight is 376 g/mol. The molecule has 1 aromatic heterocycles. The number of nitrogens with zero attached hydrogens (tertiary/aromatic N) is 3. The summed E-state index contributed by atoms with van der Waals surface area (Å²) in [5, 5.41) is 11.7. The van der Waals surface area contributed by atoms with Crippen LogP contribution in [0.25, 0.3) is 0 Å². The van der Waals surface area contributed by atoms with Crippen LogP contribution in [0.15, 0.2) is 67.0 Å². The van der Waals surface area contributed by atoms with Gasteiger partial charge in [-0.15, -0.1) is 0 Å². The molecule has 0 radical (unpaired) electrons. The highest BCUT2D eigenvalue weighted by Crippen LogP contribution is 2.21. The number of carboxylic acids is 1. The lowest BCUT2D eigenvalue weighted by Crippen LogP contribution is -2.28. The third-order valence-electron chi connectivity index (χ3n) is 3.97. The number of aromatic carboxylic acids is 1. The van der Waals surface area contributed by atoms with E-state index in [0.717, 1.165) is 0 Å². The lowest BCUT2D eigenvalue weighted by molar-refractivity contribution is 0.0684. The van der Waals surface area contributed by atoms with Crippen molar-refractivity contribution in [2.24, 2.45) is 0 Å². The lowest BCUT2D eigenvalue weighted by Gasteiger charge is -2.19. The van der Waals surface area contributed by atoms with Gasteiger partial charge in [-0.2, -0.15) is 0 Å². The van der Waals surface area contributed by atoms with Crippen molar-refractivity contribution in [3.8, 4) is 0 Å². The standard InChI is InChI=1S/C20H16N4O4/c1-24(13-7-3-2-4-8-13)19(26)14-9-5-6-10-15(14)23-18(25)16-17(20(27)28)22-12-11-21-16/h2-12H,1H3,(H,23,25)(H,27,28). The van der Waals surface area contributed by atoms with Crippen molar-refractivity contribution in [3.63, 3.8) is 0 Å². The molecule has 2 aromatic carbocycles. The Morgan fingerprint density at radius 3 is 2.18 bits per heavy atom. The highest BCUT2D eigenvalue weighted by atomic mass is 16.4. The molecule has 3 aromatic rings. The van der Waals surface area contributed by atoms with E-state index in [-0.39, 0.29) is 22.9 Å². The van der Waals surface area contributed by atoms with Crippen molar-refractivity contribution in [2.75, 3.05) is 17.3 Å². The topological polar surface area (TPSA) is 112 Å². The van der Waals surface area contributed by atoms with Crippen LogP contribution in [0.4, 0.5) is 11.4 Å². The van der Waals surface area contributed by atoms with Crippen LogP contribution in [0.3, 0.4) is 0 Å². The Hall–Kier alpha value is -4.07. The smallest absolute Gasteiger partial charge is 0.356 e. The van der Waals surface area contributed by atoms with Crippen LogP contribution in [0.2, 0.25) is 0 Å². The zero-order valence-electron chi connectivity index (χ0n) is 14.9. The Morgan fingerprint density at radius 1 is 0.893 bits per heavy atom. The summed E-state index contributed by atoms with van der Waals surface area (Å²) < 4.78 is 0. The number of carbonyl (C=O) groups is 3. The summed E-state index contributed by atoms with van der Waals surface area (Å²) in [7, 11) is 1.63. The lowest BCUT2D eigenvalue weighted by atomic mass is 10.1. The van der Waals surface area contributed by atoms with E-state index in [2.05, 4.69) is 15.3 Å². The molecule has 0 bridgehead atoms. The zero-order valence-corrected chi connectivity index (χ0v) is 14.9. The van der Waals surface area contributed by atoms with E-state index in [1.807, 2.05) is 18.2 Å². The van der Waals surface area contributed by atoms with Gasteiger partial charge in [0.2, 0.25) is 0 Å². The third kappa shape index (κ3) is 3.85. The second-order valence-corrected chi connectivity index (χ2v) is 5.76. The summed E-state index contributed by atoms with van der Waals surface area (Å²) >= 11 is 0. The Morgan fingerprint density at radius 2 is 1.50 bits per heavy atom. The van der Waals surface area contributed by atoms with Crippen molar-refractivity contribution in [1.82, 2.24) is 9.97 Å². The predicted molar refractivity (Wildman–Crippen MR) is 103 cm³/mol. The first-order valence-corrected chi connectivity index (χ1v) is 8.27. The van der Waals surface area contributed by atoms with E-state index in [1.165, 1.54) is 17.3 Å². The summed E-state index contributed by atoms with van der Waals surface area (Å²) in [6.07, 6.45) is 2.41. The molecule has 0 unspecified atom stereocenters. The van der Waals surface area contributed by atoms with Gasteiger partial charge in [-0.1, -0.05) is 30.3 Å². The number of nitrogens with one attached hydrogen (secondary N) is 1. The molecule has 0 spiro atoms. The van der Waals surface area contributed by atoms with Gasteiger partial charge in [0, 0.05) is 25.1 Å². The Labute approximate surface area is 160 Å². The van der Waals surface area contributed by atoms with E-state index in [4.69, 9.17) is 0 Å². The fraction of sp³-hybridized carbons (Fsp3) is 0.0500. The molecule has 0 aliphatic carbocycles. The molecule has 1 heterocycles. The second-order valence-electron chi connectivity index (χ2n) is 5.76. The minimum Gasteiger partial charge on any atom is -0.476 e. The fourth-order valence-corrected chi connectivity index (χ4v) is 2.57. The second kappa shape index (κ2) is 8.09. The first kappa shape index (κ1) is 18.7. The summed E-state index contributed by atoms with van der Waals surface area (Å²) in [4.78, 5) is 45.6. The SMILES string of the molecule is CN(C(=O)c1ccccc1NC(=O)c1nccnc1C(=O)O)c1ccccc1. The zero-order chi connectivity index (χ0) is 20.1. The Bertz CT molecular complexity index is 1040. The first-order valence-electron chi connectivity index (χ1n) is 8.27. The highest BCUT2D eigenvalue weighted by Gasteiger charge is 2.22. The molecule has 0 saturated carbocycles. The molecule has 0 fully saturated rings. The largest absolute Gasteiger partial charge is 0.476 e. The highest BCUT2D eigenvalue weighted by molar-refractivity contribution is 6.14. The van der Waals surface area contributed by atoms with Crippen molar-refractivity contribution < 1.29 is 19.5 Å². The number of aromatic nitrogens is 2. The van der Waals surface area contributed by atoms with Gasteiger partial charge in [0.15, 0.2) is 11.4 Å². The maximum absolute atomic E-state index is 12.9. The number of carbonyl (C=O) groups excluding carboxylic acids is 2. The minimum absolute atomic E-state index is 0.238. The number of benzene rings is 2. The summed E-state index contributed by atoms with van der Waals surface area (Å²) in [6.45, 7) is 0. The molecule has 0 aliphatic rings. The molecule has 0 aliphatic heterocycles. The third-order valence-corrected chi connectivity index (χ3v) is 3.97. The molecule has 2 N–H and O–H groups in total. The molecule has 28 heavy (non-hydrogen) atoms. The van der Waals surface area contributed by atoms with Gasteiger partial charge in [0.25, 0.3) is 11.8 Å². The Kier molecular flexibility index (Phi) is 5.40. The first-order chi connectivity index (χ1) is 13.5. The van der Waals surface area contributed by atoms with Crippen LogP contribution in [-0.2, 0) is 0 Å². The van der Waals surface area contributed by atoms with Crippen LogP contribution >= 0.6 is 0 Å². The van der Waals surface area contributed by atoms with Crippen LogP contribution in [0.1, 0.15) is 31.3 Å². The van der Waals surface area contributed by atoms with E-state index in [1.54, 1.807) is 43.4 Å². The molecular weight excluding hydrogens is 360 g/mol. The maximum atomic E-state index is 12.9. The van der Waals surface area contributed by atoms with Crippen molar-refractivity contribution in [1.29, 1.82) is 0 Å². The summed E-state index contributed by atoms with van der Waals surface area (Å²) in [6, 6.07) is 15.5. The van der Waals surface area contributed by atoms with Gasteiger partial charge >= 0.3 is 5.97 Å². The quantitative estimate of drug-likeness (QED) is 0.708. The molecule has 8 heteroatoms. The molecule has 0 saturated heterocycles. The van der Waals surface area contributed by atoms with Gasteiger partial charge in [-0.05, 0) is 24.3 Å². The summed E-state index contributed by atoms with van der Waals surface area (Å²) in [5.74, 6) is -2.47. The molecule has 2 amide bonds. The maximum Gasteiger partial charge on any atom is 0.356 e. The normalized spacial score (nSPS) is 10.2. The molecule has 3 rings (SSSR count). The van der Waals surface area contributed by atoms with E-state index in [9.17, 15) is 19.5 Å². The number of hydrogen-bond acceptors (Lipinski definition) is 5. The van der Waals surface area contributed by atoms with Crippen molar-refractivity contribution in [3.05, 3.63) is 83.9 Å².